The van der Waals surface area contributed by atoms with Gasteiger partial charge in [-0.2, -0.15) is 0 Å². The van der Waals surface area contributed by atoms with Crippen LogP contribution in [-0.4, -0.2) is 37.7 Å². The normalized spacial score (nSPS) is 14.8. The van der Waals surface area contributed by atoms with Gasteiger partial charge in [0, 0.05) is 24.4 Å². The Morgan fingerprint density at radius 1 is 0.857 bits per heavy atom. The topological polar surface area (TPSA) is 88.7 Å². The number of aryl methyl sites for hydroxylation is 1. The zero-order valence-corrected chi connectivity index (χ0v) is 19.7. The molecule has 4 rings (SSSR count). The molecule has 0 radical (unpaired) electrons. The highest BCUT2D eigenvalue weighted by Crippen LogP contribution is 2.25. The number of hydrogen-bond acceptors (Lipinski definition) is 5. The smallest absolute Gasteiger partial charge is 0.243 e. The highest BCUT2D eigenvalue weighted by atomic mass is 16.5. The lowest BCUT2D eigenvalue weighted by Crippen LogP contribution is -2.23. The van der Waals surface area contributed by atoms with Gasteiger partial charge in [-0.05, 0) is 61.2 Å². The molecule has 7 nitrogen and oxygen atoms in total. The maximum atomic E-state index is 12.5. The van der Waals surface area contributed by atoms with Crippen molar-refractivity contribution in [2.24, 2.45) is 0 Å². The molecular formula is C28H31N3O4. The molecule has 1 fully saturated rings. The molecule has 2 amide bonds. The van der Waals surface area contributed by atoms with Crippen LogP contribution in [0.25, 0.3) is 0 Å². The fourth-order valence-electron chi connectivity index (χ4n) is 3.83. The van der Waals surface area contributed by atoms with Crippen molar-refractivity contribution < 1.29 is 19.1 Å². The molecule has 1 aliphatic heterocycles. The van der Waals surface area contributed by atoms with Crippen molar-refractivity contribution >= 4 is 28.9 Å². The summed E-state index contributed by atoms with van der Waals surface area (Å²) in [6, 6.07) is 24.6. The Bertz CT molecular complexity index is 1100. The van der Waals surface area contributed by atoms with Crippen molar-refractivity contribution in [2.75, 3.05) is 35.7 Å². The number of benzene rings is 3. The first-order valence-corrected chi connectivity index (χ1v) is 12.0. The van der Waals surface area contributed by atoms with Gasteiger partial charge in [-0.3, -0.25) is 9.59 Å². The fraction of sp³-hybridized carbons (Fsp3) is 0.286. The molecule has 0 spiro atoms. The van der Waals surface area contributed by atoms with E-state index in [-0.39, 0.29) is 24.5 Å². The van der Waals surface area contributed by atoms with Gasteiger partial charge >= 0.3 is 0 Å². The second-order valence-corrected chi connectivity index (χ2v) is 8.46. The average Bonchev–Trinajstić information content (AvgIpc) is 3.41. The molecular weight excluding hydrogens is 442 g/mol. The Hall–Kier alpha value is -3.84. The monoisotopic (exact) mass is 473 g/mol. The van der Waals surface area contributed by atoms with Gasteiger partial charge in [-0.25, -0.2) is 0 Å². The molecule has 1 saturated heterocycles. The molecule has 0 bridgehead atoms. The van der Waals surface area contributed by atoms with E-state index in [1.54, 1.807) is 0 Å². The molecule has 1 unspecified atom stereocenters. The van der Waals surface area contributed by atoms with Gasteiger partial charge in [0.1, 0.15) is 12.4 Å². The van der Waals surface area contributed by atoms with Crippen LogP contribution in [0, 0.1) is 0 Å². The highest BCUT2D eigenvalue weighted by Gasteiger charge is 2.17. The molecule has 1 aliphatic rings. The van der Waals surface area contributed by atoms with Gasteiger partial charge in [0.25, 0.3) is 0 Å². The van der Waals surface area contributed by atoms with Crippen LogP contribution in [0.4, 0.5) is 17.1 Å². The summed E-state index contributed by atoms with van der Waals surface area (Å²) >= 11 is 0. The number of hydrogen-bond donors (Lipinski definition) is 3. The number of carbonyl (C=O) groups excluding carboxylic acids is 2. The molecule has 0 saturated carbocycles. The number of ether oxygens (including phenoxy) is 2. The summed E-state index contributed by atoms with van der Waals surface area (Å²) in [7, 11) is 0. The SMILES string of the molecule is O=C(CCc1ccccc1)Nc1ccc(NCC(=O)Nc2ccccc2OCC2CCCO2)cc1. The summed E-state index contributed by atoms with van der Waals surface area (Å²) in [4.78, 5) is 24.7. The van der Waals surface area contributed by atoms with Crippen molar-refractivity contribution in [2.45, 2.75) is 31.8 Å². The van der Waals surface area contributed by atoms with Crippen molar-refractivity contribution in [1.29, 1.82) is 0 Å². The second-order valence-electron chi connectivity index (χ2n) is 8.46. The van der Waals surface area contributed by atoms with Crippen molar-refractivity contribution in [3.63, 3.8) is 0 Å². The highest BCUT2D eigenvalue weighted by molar-refractivity contribution is 5.95. The van der Waals surface area contributed by atoms with E-state index in [1.165, 1.54) is 0 Å². The van der Waals surface area contributed by atoms with Gasteiger partial charge in [-0.1, -0.05) is 42.5 Å². The first kappa shape index (κ1) is 24.3. The number of carbonyl (C=O) groups is 2. The summed E-state index contributed by atoms with van der Waals surface area (Å²) in [5, 5.41) is 8.91. The van der Waals surface area contributed by atoms with Crippen LogP contribution in [-0.2, 0) is 20.7 Å². The van der Waals surface area contributed by atoms with E-state index in [2.05, 4.69) is 16.0 Å². The molecule has 3 N–H and O–H groups in total. The summed E-state index contributed by atoms with van der Waals surface area (Å²) in [6.45, 7) is 1.35. The lowest BCUT2D eigenvalue weighted by molar-refractivity contribution is -0.116. The molecule has 182 valence electrons. The van der Waals surface area contributed by atoms with Gasteiger partial charge in [0.2, 0.25) is 11.8 Å². The maximum absolute atomic E-state index is 12.5. The molecule has 3 aromatic rings. The van der Waals surface area contributed by atoms with E-state index in [4.69, 9.17) is 9.47 Å². The van der Waals surface area contributed by atoms with Gasteiger partial charge in [-0.15, -0.1) is 0 Å². The largest absolute Gasteiger partial charge is 0.489 e. The number of nitrogens with one attached hydrogen (secondary N) is 3. The summed E-state index contributed by atoms with van der Waals surface area (Å²) in [5.74, 6) is 0.412. The Morgan fingerprint density at radius 3 is 2.37 bits per heavy atom. The minimum Gasteiger partial charge on any atom is -0.489 e. The molecule has 1 heterocycles. The molecule has 3 aromatic carbocycles. The van der Waals surface area contributed by atoms with Crippen LogP contribution in [0.2, 0.25) is 0 Å². The average molecular weight is 474 g/mol. The Morgan fingerprint density at radius 2 is 1.60 bits per heavy atom. The minimum atomic E-state index is -0.184. The minimum absolute atomic E-state index is 0.0330. The summed E-state index contributed by atoms with van der Waals surface area (Å²) in [6.07, 6.45) is 3.28. The standard InChI is InChI=1S/C28H31N3O4/c32-27(17-12-21-7-2-1-3-8-21)30-23-15-13-22(14-16-23)29-19-28(33)31-25-10-4-5-11-26(25)35-20-24-9-6-18-34-24/h1-5,7-8,10-11,13-16,24,29H,6,9,12,17-20H2,(H,30,32)(H,31,33). The molecule has 0 aliphatic carbocycles. The third-order valence-electron chi connectivity index (χ3n) is 5.72. The third kappa shape index (κ3) is 7.86. The lowest BCUT2D eigenvalue weighted by atomic mass is 10.1. The van der Waals surface area contributed by atoms with Crippen LogP contribution >= 0.6 is 0 Å². The third-order valence-corrected chi connectivity index (χ3v) is 5.72. The van der Waals surface area contributed by atoms with Crippen LogP contribution in [0.5, 0.6) is 5.75 Å². The first-order chi connectivity index (χ1) is 17.2. The zero-order chi connectivity index (χ0) is 24.3. The summed E-state index contributed by atoms with van der Waals surface area (Å²) < 4.78 is 11.5. The van der Waals surface area contributed by atoms with Crippen molar-refractivity contribution in [3.8, 4) is 5.75 Å². The second kappa shape index (κ2) is 12.6. The van der Waals surface area contributed by atoms with Crippen LogP contribution in [0.1, 0.15) is 24.8 Å². The van der Waals surface area contributed by atoms with E-state index in [0.29, 0.717) is 30.9 Å². The molecule has 7 heteroatoms. The van der Waals surface area contributed by atoms with Gasteiger partial charge in [0.05, 0.1) is 18.3 Å². The van der Waals surface area contributed by atoms with E-state index in [0.717, 1.165) is 36.4 Å². The summed E-state index contributed by atoms with van der Waals surface area (Å²) in [5.41, 5.74) is 3.27. The lowest BCUT2D eigenvalue weighted by Gasteiger charge is -2.15. The number of para-hydroxylation sites is 2. The fourth-order valence-corrected chi connectivity index (χ4v) is 3.83. The van der Waals surface area contributed by atoms with Gasteiger partial charge in [0.15, 0.2) is 0 Å². The number of amides is 2. The number of anilines is 3. The van der Waals surface area contributed by atoms with Crippen molar-refractivity contribution in [1.82, 2.24) is 0 Å². The van der Waals surface area contributed by atoms with E-state index in [9.17, 15) is 9.59 Å². The predicted octanol–water partition coefficient (Wildman–Crippen LogP) is 4.87. The Labute approximate surface area is 205 Å². The van der Waals surface area contributed by atoms with Crippen LogP contribution in [0.3, 0.4) is 0 Å². The quantitative estimate of drug-likeness (QED) is 0.370. The molecule has 35 heavy (non-hydrogen) atoms. The van der Waals surface area contributed by atoms with E-state index >= 15 is 0 Å². The predicted molar refractivity (Wildman–Crippen MR) is 138 cm³/mol. The zero-order valence-electron chi connectivity index (χ0n) is 19.7. The van der Waals surface area contributed by atoms with Crippen LogP contribution < -0.4 is 20.7 Å². The van der Waals surface area contributed by atoms with Crippen LogP contribution in [0.15, 0.2) is 78.9 Å². The molecule has 0 aromatic heterocycles. The van der Waals surface area contributed by atoms with E-state index in [1.807, 2.05) is 78.9 Å². The Balaban J connectivity index is 1.20. The Kier molecular flexibility index (Phi) is 8.73. The number of rotatable bonds is 11. The van der Waals surface area contributed by atoms with Gasteiger partial charge < -0.3 is 25.4 Å². The maximum Gasteiger partial charge on any atom is 0.243 e. The van der Waals surface area contributed by atoms with E-state index < -0.39 is 0 Å². The first-order valence-electron chi connectivity index (χ1n) is 12.0. The van der Waals surface area contributed by atoms with Crippen molar-refractivity contribution in [3.05, 3.63) is 84.4 Å². The molecule has 1 atom stereocenters.